The van der Waals surface area contributed by atoms with E-state index in [4.69, 9.17) is 4.74 Å². The predicted molar refractivity (Wildman–Crippen MR) is 87.1 cm³/mol. The Labute approximate surface area is 136 Å². The molecule has 0 N–H and O–H groups in total. The van der Waals surface area contributed by atoms with E-state index in [1.165, 1.54) is 4.90 Å². The molecule has 4 heteroatoms. The maximum Gasteiger partial charge on any atom is 0.238 e. The van der Waals surface area contributed by atoms with Crippen molar-refractivity contribution in [1.82, 2.24) is 0 Å². The van der Waals surface area contributed by atoms with Gasteiger partial charge in [0, 0.05) is 0 Å². The lowest BCUT2D eigenvalue weighted by atomic mass is 9.63. The van der Waals surface area contributed by atoms with Gasteiger partial charge in [-0.15, -0.1) is 0 Å². The van der Waals surface area contributed by atoms with E-state index in [0.29, 0.717) is 12.3 Å². The fourth-order valence-corrected chi connectivity index (χ4v) is 4.24. The van der Waals surface area contributed by atoms with E-state index in [0.717, 1.165) is 25.0 Å². The van der Waals surface area contributed by atoms with Gasteiger partial charge in [0.05, 0.1) is 24.1 Å². The molecule has 3 aliphatic carbocycles. The van der Waals surface area contributed by atoms with Gasteiger partial charge in [0.1, 0.15) is 5.75 Å². The summed E-state index contributed by atoms with van der Waals surface area (Å²) in [6.07, 6.45) is 7.29. The average molecular weight is 311 g/mol. The fourth-order valence-electron chi connectivity index (χ4n) is 4.24. The Balaban J connectivity index is 1.60. The van der Waals surface area contributed by atoms with E-state index in [1.807, 2.05) is 24.3 Å². The van der Waals surface area contributed by atoms with Crippen molar-refractivity contribution in [2.24, 2.45) is 23.7 Å². The summed E-state index contributed by atoms with van der Waals surface area (Å²) in [5, 5.41) is 0. The number of anilines is 1. The summed E-state index contributed by atoms with van der Waals surface area (Å²) in [4.78, 5) is 27.1. The lowest BCUT2D eigenvalue weighted by molar-refractivity contribution is -0.124. The van der Waals surface area contributed by atoms with Crippen molar-refractivity contribution in [1.29, 1.82) is 0 Å². The Bertz CT molecular complexity index is 632. The van der Waals surface area contributed by atoms with Crippen LogP contribution in [0.5, 0.6) is 5.75 Å². The summed E-state index contributed by atoms with van der Waals surface area (Å²) >= 11 is 0. The second-order valence-corrected chi connectivity index (χ2v) is 6.70. The van der Waals surface area contributed by atoms with Crippen molar-refractivity contribution in [3.8, 4) is 5.75 Å². The minimum atomic E-state index is -0.151. The molecule has 0 radical (unpaired) electrons. The maximum absolute atomic E-state index is 12.8. The van der Waals surface area contributed by atoms with Gasteiger partial charge in [-0.2, -0.15) is 0 Å². The highest BCUT2D eigenvalue weighted by Crippen LogP contribution is 2.50. The summed E-state index contributed by atoms with van der Waals surface area (Å²) < 4.78 is 5.57. The van der Waals surface area contributed by atoms with Crippen molar-refractivity contribution in [3.05, 3.63) is 36.4 Å². The second-order valence-electron chi connectivity index (χ2n) is 6.70. The molecular formula is C19H21NO3. The number of nitrogens with zero attached hydrogens (tertiary/aromatic N) is 1. The second kappa shape index (κ2) is 5.52. The zero-order chi connectivity index (χ0) is 16.0. The molecule has 4 aliphatic rings. The van der Waals surface area contributed by atoms with Crippen molar-refractivity contribution in [3.63, 3.8) is 0 Å². The molecule has 5 rings (SSSR count). The molecule has 120 valence electrons. The third-order valence-electron chi connectivity index (χ3n) is 5.33. The molecule has 2 fully saturated rings. The van der Waals surface area contributed by atoms with Crippen LogP contribution < -0.4 is 9.64 Å². The van der Waals surface area contributed by atoms with Crippen LogP contribution >= 0.6 is 0 Å². The van der Waals surface area contributed by atoms with Gasteiger partial charge in [0.15, 0.2) is 0 Å². The SMILES string of the molecule is CCCOc1ccc(N2C(=O)[C@@H]3[C@H](C2=O)[C@H]2C=C[C@H]3CC2)cc1. The molecule has 1 aromatic rings. The molecule has 0 unspecified atom stereocenters. The Hall–Kier alpha value is -2.10. The Morgan fingerprint density at radius 2 is 1.57 bits per heavy atom. The monoisotopic (exact) mass is 311 g/mol. The van der Waals surface area contributed by atoms with Crippen LogP contribution in [0.25, 0.3) is 0 Å². The van der Waals surface area contributed by atoms with Crippen LogP contribution in [0.2, 0.25) is 0 Å². The van der Waals surface area contributed by atoms with Crippen molar-refractivity contribution in [2.75, 3.05) is 11.5 Å². The molecule has 1 saturated heterocycles. The molecule has 1 aromatic carbocycles. The molecule has 23 heavy (non-hydrogen) atoms. The van der Waals surface area contributed by atoms with Gasteiger partial charge < -0.3 is 4.74 Å². The van der Waals surface area contributed by atoms with Crippen molar-refractivity contribution in [2.45, 2.75) is 26.2 Å². The average Bonchev–Trinajstić information content (AvgIpc) is 2.88. The standard InChI is InChI=1S/C19H21NO3/c1-2-11-23-15-9-7-14(8-10-15)20-18(21)16-12-3-4-13(6-5-12)17(16)19(20)22/h3-4,7-10,12-13,16-17H,2,5-6,11H2,1H3/t12-,13-,16-,17+/m0/s1. The highest BCUT2D eigenvalue weighted by molar-refractivity contribution is 6.22. The fraction of sp³-hybridized carbons (Fsp3) is 0.474. The van der Waals surface area contributed by atoms with E-state index in [1.54, 1.807) is 0 Å². The molecule has 4 atom stereocenters. The molecule has 1 saturated carbocycles. The number of hydrogen-bond acceptors (Lipinski definition) is 3. The van der Waals surface area contributed by atoms with Gasteiger partial charge in [-0.05, 0) is 55.4 Å². The lowest BCUT2D eigenvalue weighted by Crippen LogP contribution is -2.38. The van der Waals surface area contributed by atoms with Gasteiger partial charge in [0.25, 0.3) is 0 Å². The number of ether oxygens (including phenoxy) is 1. The number of benzene rings is 1. The van der Waals surface area contributed by atoms with Crippen LogP contribution in [0.1, 0.15) is 26.2 Å². The van der Waals surface area contributed by atoms with Crippen LogP contribution in [0.3, 0.4) is 0 Å². The highest BCUT2D eigenvalue weighted by Gasteiger charge is 2.56. The largest absolute Gasteiger partial charge is 0.494 e. The number of allylic oxidation sites excluding steroid dienone is 2. The van der Waals surface area contributed by atoms with Gasteiger partial charge in [-0.3, -0.25) is 14.5 Å². The molecule has 2 bridgehead atoms. The topological polar surface area (TPSA) is 46.6 Å². The van der Waals surface area contributed by atoms with Crippen LogP contribution in [0.15, 0.2) is 36.4 Å². The first-order chi connectivity index (χ1) is 11.2. The number of imide groups is 1. The van der Waals surface area contributed by atoms with Gasteiger partial charge >= 0.3 is 0 Å². The van der Waals surface area contributed by atoms with Gasteiger partial charge in [0.2, 0.25) is 11.8 Å². The van der Waals surface area contributed by atoms with E-state index >= 15 is 0 Å². The minimum Gasteiger partial charge on any atom is -0.494 e. The predicted octanol–water partition coefficient (Wildman–Crippen LogP) is 3.18. The van der Waals surface area contributed by atoms with Crippen molar-refractivity contribution >= 4 is 17.5 Å². The smallest absolute Gasteiger partial charge is 0.238 e. The number of fused-ring (bicyclic) bond motifs is 1. The van der Waals surface area contributed by atoms with Crippen LogP contribution in [0, 0.1) is 23.7 Å². The van der Waals surface area contributed by atoms with E-state index in [-0.39, 0.29) is 35.5 Å². The molecule has 0 aromatic heterocycles. The van der Waals surface area contributed by atoms with E-state index in [2.05, 4.69) is 19.1 Å². The minimum absolute atomic E-state index is 0.0266. The quantitative estimate of drug-likeness (QED) is 0.634. The zero-order valence-electron chi connectivity index (χ0n) is 13.3. The van der Waals surface area contributed by atoms with Crippen LogP contribution in [0.4, 0.5) is 5.69 Å². The third kappa shape index (κ3) is 2.19. The molecule has 1 aliphatic heterocycles. The highest BCUT2D eigenvalue weighted by atomic mass is 16.5. The Morgan fingerprint density at radius 3 is 2.04 bits per heavy atom. The first-order valence-electron chi connectivity index (χ1n) is 8.49. The van der Waals surface area contributed by atoms with Gasteiger partial charge in [-0.25, -0.2) is 0 Å². The molecule has 1 heterocycles. The van der Waals surface area contributed by atoms with E-state index in [9.17, 15) is 9.59 Å². The molecular weight excluding hydrogens is 290 g/mol. The molecule has 0 spiro atoms. The maximum atomic E-state index is 12.8. The number of amides is 2. The number of hydrogen-bond donors (Lipinski definition) is 0. The zero-order valence-corrected chi connectivity index (χ0v) is 13.3. The van der Waals surface area contributed by atoms with E-state index < -0.39 is 0 Å². The van der Waals surface area contributed by atoms with Crippen LogP contribution in [-0.4, -0.2) is 18.4 Å². The van der Waals surface area contributed by atoms with Crippen LogP contribution in [-0.2, 0) is 9.59 Å². The number of carbonyl (C=O) groups excluding carboxylic acids is 2. The summed E-state index contributed by atoms with van der Waals surface area (Å²) in [6.45, 7) is 2.72. The Kier molecular flexibility index (Phi) is 3.47. The number of rotatable bonds is 4. The summed E-state index contributed by atoms with van der Waals surface area (Å²) in [5.41, 5.74) is 0.664. The normalized spacial score (nSPS) is 31.6. The first kappa shape index (κ1) is 14.5. The lowest BCUT2D eigenvalue weighted by Gasteiger charge is -2.38. The molecule has 4 nitrogen and oxygen atoms in total. The summed E-state index contributed by atoms with van der Waals surface area (Å²) in [7, 11) is 0. The Morgan fingerprint density at radius 1 is 1.00 bits per heavy atom. The third-order valence-corrected chi connectivity index (χ3v) is 5.33. The summed E-state index contributed by atoms with van der Waals surface area (Å²) in [6, 6.07) is 7.29. The summed E-state index contributed by atoms with van der Waals surface area (Å²) in [5.74, 6) is 0.887. The van der Waals surface area contributed by atoms with Crippen molar-refractivity contribution < 1.29 is 14.3 Å². The first-order valence-corrected chi connectivity index (χ1v) is 8.49. The van der Waals surface area contributed by atoms with Gasteiger partial charge in [-0.1, -0.05) is 19.1 Å². The molecule has 2 amide bonds. The number of carbonyl (C=O) groups is 2.